The van der Waals surface area contributed by atoms with Gasteiger partial charge < -0.3 is 11.1 Å². The largest absolute Gasteiger partial charge is 0.350 e. The van der Waals surface area contributed by atoms with Gasteiger partial charge in [0.25, 0.3) is 5.91 Å². The molecule has 2 heterocycles. The van der Waals surface area contributed by atoms with E-state index in [0.717, 1.165) is 9.88 Å². The third-order valence-electron chi connectivity index (χ3n) is 2.53. The van der Waals surface area contributed by atoms with Crippen molar-refractivity contribution in [2.24, 2.45) is 11.7 Å². The van der Waals surface area contributed by atoms with Crippen molar-refractivity contribution < 1.29 is 4.79 Å². The molecule has 1 atom stereocenters. The molecular weight excluding hydrogens is 302 g/mol. The highest BCUT2D eigenvalue weighted by molar-refractivity contribution is 7.23. The maximum Gasteiger partial charge on any atom is 0.270 e. The van der Waals surface area contributed by atoms with E-state index in [0.29, 0.717) is 23.1 Å². The van der Waals surface area contributed by atoms with Gasteiger partial charge in [-0.3, -0.25) is 4.79 Å². The van der Waals surface area contributed by atoms with Crippen LogP contribution in [-0.4, -0.2) is 24.0 Å². The SMILES string of the molecule is CC(CN)CNC(=O)c1csc(-c2ccc(Cl)s2)n1. The second kappa shape index (κ2) is 6.47. The zero-order chi connectivity index (χ0) is 13.8. The first-order valence-electron chi connectivity index (χ1n) is 5.79. The fourth-order valence-corrected chi connectivity index (χ4v) is 3.28. The quantitative estimate of drug-likeness (QED) is 0.891. The standard InChI is InChI=1S/C12H14ClN3OS2/c1-7(4-14)5-15-11(17)8-6-18-12(16-8)9-2-3-10(13)19-9/h2-3,6-7H,4-5,14H2,1H3,(H,15,17). The number of rotatable bonds is 5. The van der Waals surface area contributed by atoms with Crippen molar-refractivity contribution in [3.05, 3.63) is 27.5 Å². The molecule has 0 saturated heterocycles. The lowest BCUT2D eigenvalue weighted by Gasteiger charge is -2.08. The van der Waals surface area contributed by atoms with Crippen molar-refractivity contribution in [3.63, 3.8) is 0 Å². The van der Waals surface area contributed by atoms with E-state index in [-0.39, 0.29) is 11.8 Å². The first-order valence-corrected chi connectivity index (χ1v) is 7.87. The van der Waals surface area contributed by atoms with Gasteiger partial charge in [-0.1, -0.05) is 18.5 Å². The summed E-state index contributed by atoms with van der Waals surface area (Å²) < 4.78 is 0.716. The van der Waals surface area contributed by atoms with Crippen LogP contribution in [0.3, 0.4) is 0 Å². The van der Waals surface area contributed by atoms with Crippen LogP contribution in [0.15, 0.2) is 17.5 Å². The molecule has 2 aromatic heterocycles. The van der Waals surface area contributed by atoms with Gasteiger partial charge in [0.15, 0.2) is 0 Å². The Kier molecular flexibility index (Phi) is 4.93. The molecule has 0 fully saturated rings. The minimum Gasteiger partial charge on any atom is -0.350 e. The zero-order valence-electron chi connectivity index (χ0n) is 10.4. The average Bonchev–Trinajstić information content (AvgIpc) is 3.03. The lowest BCUT2D eigenvalue weighted by Crippen LogP contribution is -2.31. The fraction of sp³-hybridized carbons (Fsp3) is 0.333. The van der Waals surface area contributed by atoms with Crippen molar-refractivity contribution in [2.45, 2.75) is 6.92 Å². The van der Waals surface area contributed by atoms with E-state index in [1.807, 2.05) is 19.1 Å². The summed E-state index contributed by atoms with van der Waals surface area (Å²) >= 11 is 8.78. The Morgan fingerprint density at radius 2 is 2.37 bits per heavy atom. The van der Waals surface area contributed by atoms with Crippen LogP contribution in [0, 0.1) is 5.92 Å². The summed E-state index contributed by atoms with van der Waals surface area (Å²) in [4.78, 5) is 17.2. The zero-order valence-corrected chi connectivity index (χ0v) is 12.7. The number of nitrogens with one attached hydrogen (secondary N) is 1. The first kappa shape index (κ1) is 14.5. The molecule has 2 rings (SSSR count). The van der Waals surface area contributed by atoms with Gasteiger partial charge in [-0.25, -0.2) is 4.98 Å². The Morgan fingerprint density at radius 1 is 1.58 bits per heavy atom. The molecule has 7 heteroatoms. The van der Waals surface area contributed by atoms with Gasteiger partial charge in [0.2, 0.25) is 0 Å². The highest BCUT2D eigenvalue weighted by Gasteiger charge is 2.13. The van der Waals surface area contributed by atoms with Crippen molar-refractivity contribution in [1.29, 1.82) is 0 Å². The highest BCUT2D eigenvalue weighted by Crippen LogP contribution is 2.32. The number of carbonyl (C=O) groups excluding carboxylic acids is 1. The lowest BCUT2D eigenvalue weighted by molar-refractivity contribution is 0.0944. The van der Waals surface area contributed by atoms with E-state index < -0.39 is 0 Å². The summed E-state index contributed by atoms with van der Waals surface area (Å²) in [5.41, 5.74) is 5.94. The molecule has 0 radical (unpaired) electrons. The predicted molar refractivity (Wildman–Crippen MR) is 81.0 cm³/mol. The third kappa shape index (κ3) is 3.76. The maximum absolute atomic E-state index is 11.9. The van der Waals surface area contributed by atoms with E-state index in [4.69, 9.17) is 17.3 Å². The van der Waals surface area contributed by atoms with Crippen molar-refractivity contribution in [1.82, 2.24) is 10.3 Å². The molecule has 0 aromatic carbocycles. The summed E-state index contributed by atoms with van der Waals surface area (Å²) in [6.45, 7) is 3.10. The van der Waals surface area contributed by atoms with E-state index in [1.165, 1.54) is 22.7 Å². The molecule has 1 unspecified atom stereocenters. The second-order valence-electron chi connectivity index (χ2n) is 4.19. The fourth-order valence-electron chi connectivity index (χ4n) is 1.36. The molecule has 102 valence electrons. The summed E-state index contributed by atoms with van der Waals surface area (Å²) in [6.07, 6.45) is 0. The molecule has 2 aromatic rings. The van der Waals surface area contributed by atoms with Crippen molar-refractivity contribution in [3.8, 4) is 9.88 Å². The number of thiophene rings is 1. The molecule has 0 aliphatic carbocycles. The van der Waals surface area contributed by atoms with Crippen LogP contribution < -0.4 is 11.1 Å². The molecule has 0 aliphatic heterocycles. The molecule has 3 N–H and O–H groups in total. The van der Waals surface area contributed by atoms with Crippen molar-refractivity contribution in [2.75, 3.05) is 13.1 Å². The Hall–Kier alpha value is -0.950. The molecular formula is C12H14ClN3OS2. The van der Waals surface area contributed by atoms with Crippen LogP contribution in [0.4, 0.5) is 0 Å². The number of nitrogens with two attached hydrogens (primary N) is 1. The summed E-state index contributed by atoms with van der Waals surface area (Å²) in [7, 11) is 0. The number of halogens is 1. The van der Waals surface area contributed by atoms with Crippen LogP contribution in [0.5, 0.6) is 0 Å². The normalized spacial score (nSPS) is 12.4. The van der Waals surface area contributed by atoms with Gasteiger partial charge in [0, 0.05) is 11.9 Å². The Bertz CT molecular complexity index is 567. The van der Waals surface area contributed by atoms with E-state index in [1.54, 1.807) is 5.38 Å². The number of thiazole rings is 1. The minimum atomic E-state index is -0.162. The van der Waals surface area contributed by atoms with Crippen LogP contribution in [0.25, 0.3) is 9.88 Å². The second-order valence-corrected chi connectivity index (χ2v) is 6.77. The number of amides is 1. The van der Waals surface area contributed by atoms with Gasteiger partial charge in [-0.15, -0.1) is 22.7 Å². The summed E-state index contributed by atoms with van der Waals surface area (Å²) in [5, 5.41) is 5.39. The maximum atomic E-state index is 11.9. The third-order valence-corrected chi connectivity index (χ3v) is 4.78. The molecule has 19 heavy (non-hydrogen) atoms. The number of carbonyl (C=O) groups is 1. The Labute approximate surface area is 124 Å². The number of hydrogen-bond donors (Lipinski definition) is 2. The van der Waals surface area contributed by atoms with Gasteiger partial charge in [-0.05, 0) is 24.6 Å². The Morgan fingerprint density at radius 3 is 3.00 bits per heavy atom. The summed E-state index contributed by atoms with van der Waals surface area (Å²) in [5.74, 6) is 0.101. The molecule has 1 amide bonds. The van der Waals surface area contributed by atoms with Crippen LogP contribution >= 0.6 is 34.3 Å². The molecule has 0 aliphatic rings. The van der Waals surface area contributed by atoms with E-state index >= 15 is 0 Å². The minimum absolute atomic E-state index is 0.162. The summed E-state index contributed by atoms with van der Waals surface area (Å²) in [6, 6.07) is 3.73. The van der Waals surface area contributed by atoms with Gasteiger partial charge in [0.1, 0.15) is 10.7 Å². The van der Waals surface area contributed by atoms with E-state index in [2.05, 4.69) is 10.3 Å². The number of aromatic nitrogens is 1. The monoisotopic (exact) mass is 315 g/mol. The Balaban J connectivity index is 2.02. The predicted octanol–water partition coefficient (Wildman–Crippen LogP) is 2.85. The smallest absolute Gasteiger partial charge is 0.270 e. The van der Waals surface area contributed by atoms with Crippen LogP contribution in [-0.2, 0) is 0 Å². The van der Waals surface area contributed by atoms with Crippen LogP contribution in [0.2, 0.25) is 4.34 Å². The van der Waals surface area contributed by atoms with Gasteiger partial charge >= 0.3 is 0 Å². The molecule has 0 saturated carbocycles. The topological polar surface area (TPSA) is 68.0 Å². The van der Waals surface area contributed by atoms with Gasteiger partial charge in [-0.2, -0.15) is 0 Å². The lowest BCUT2D eigenvalue weighted by atomic mass is 10.2. The van der Waals surface area contributed by atoms with Crippen LogP contribution in [0.1, 0.15) is 17.4 Å². The first-order chi connectivity index (χ1) is 9.10. The number of nitrogens with zero attached hydrogens (tertiary/aromatic N) is 1. The average molecular weight is 316 g/mol. The molecule has 0 spiro atoms. The highest BCUT2D eigenvalue weighted by atomic mass is 35.5. The van der Waals surface area contributed by atoms with E-state index in [9.17, 15) is 4.79 Å². The van der Waals surface area contributed by atoms with Gasteiger partial charge in [0.05, 0.1) is 9.21 Å². The molecule has 0 bridgehead atoms. The number of hydrogen-bond acceptors (Lipinski definition) is 5. The molecule has 4 nitrogen and oxygen atoms in total. The van der Waals surface area contributed by atoms with Crippen molar-refractivity contribution >= 4 is 40.2 Å².